The molecule has 1 unspecified atom stereocenters. The molecule has 25 heavy (non-hydrogen) atoms. The van der Waals surface area contributed by atoms with Gasteiger partial charge in [0, 0.05) is 50.7 Å². The Hall–Kier alpha value is -1.86. The smallest absolute Gasteiger partial charge is 0.223 e. The largest absolute Gasteiger partial charge is 0.396 e. The summed E-state index contributed by atoms with van der Waals surface area (Å²) in [5, 5.41) is 9.93. The molecule has 2 aliphatic heterocycles. The van der Waals surface area contributed by atoms with Crippen LogP contribution in [0, 0.1) is 5.41 Å². The van der Waals surface area contributed by atoms with Crippen LogP contribution in [0.4, 0.5) is 17.6 Å². The van der Waals surface area contributed by atoms with Crippen LogP contribution in [0.25, 0.3) is 0 Å². The second-order valence-corrected chi connectivity index (χ2v) is 7.41. The summed E-state index contributed by atoms with van der Waals surface area (Å²) in [7, 11) is 2.14. The number of nitrogens with zero attached hydrogens (tertiary/aromatic N) is 5. The fraction of sp³-hybridized carbons (Fsp3) is 0.667. The molecule has 0 bridgehead atoms. The Bertz CT molecular complexity index is 601. The summed E-state index contributed by atoms with van der Waals surface area (Å²) in [5.41, 5.74) is 5.88. The number of aliphatic hydroxyl groups is 1. The third-order valence-electron chi connectivity index (χ3n) is 5.44. The van der Waals surface area contributed by atoms with Crippen LogP contribution in [-0.2, 0) is 0 Å². The van der Waals surface area contributed by atoms with E-state index in [9.17, 15) is 5.11 Å². The number of nitrogens with two attached hydrogens (primary N) is 1. The quantitative estimate of drug-likeness (QED) is 0.769. The number of aliphatic hydroxyl groups excluding tert-OH is 1. The van der Waals surface area contributed by atoms with Crippen LogP contribution in [0.1, 0.15) is 19.3 Å². The first-order chi connectivity index (χ1) is 12.0. The van der Waals surface area contributed by atoms with E-state index in [1.807, 2.05) is 12.1 Å². The van der Waals surface area contributed by atoms with Crippen LogP contribution in [0.2, 0.25) is 0 Å². The molecular weight excluding hydrogens is 316 g/mol. The Labute approximate surface area is 150 Å². The Morgan fingerprint density at radius 3 is 2.52 bits per heavy atom. The number of anilines is 3. The van der Waals surface area contributed by atoms with E-state index < -0.39 is 0 Å². The minimum absolute atomic E-state index is 0.131. The SMILES string of the molecule is C=CCC1(CO)CCCN(c2cc(N3CCN(C)CC3)nc(N)n2)C1. The van der Waals surface area contributed by atoms with Gasteiger partial charge in [-0.2, -0.15) is 9.97 Å². The molecule has 0 amide bonds. The maximum atomic E-state index is 9.93. The average molecular weight is 346 g/mol. The third-order valence-corrected chi connectivity index (χ3v) is 5.44. The van der Waals surface area contributed by atoms with Gasteiger partial charge in [0.25, 0.3) is 0 Å². The average Bonchev–Trinajstić information content (AvgIpc) is 2.62. The van der Waals surface area contributed by atoms with Crippen LogP contribution in [0.15, 0.2) is 18.7 Å². The lowest BCUT2D eigenvalue weighted by Crippen LogP contribution is -2.46. The van der Waals surface area contributed by atoms with Gasteiger partial charge in [-0.15, -0.1) is 6.58 Å². The van der Waals surface area contributed by atoms with E-state index in [1.54, 1.807) is 0 Å². The maximum absolute atomic E-state index is 9.93. The minimum Gasteiger partial charge on any atom is -0.396 e. The molecule has 7 heteroatoms. The van der Waals surface area contributed by atoms with Gasteiger partial charge in [0.1, 0.15) is 11.6 Å². The lowest BCUT2D eigenvalue weighted by atomic mass is 9.78. The molecule has 3 rings (SSSR count). The zero-order valence-corrected chi connectivity index (χ0v) is 15.2. The van der Waals surface area contributed by atoms with Crippen molar-refractivity contribution in [2.45, 2.75) is 19.3 Å². The number of piperidine rings is 1. The van der Waals surface area contributed by atoms with Crippen LogP contribution >= 0.6 is 0 Å². The number of aromatic nitrogens is 2. The van der Waals surface area contributed by atoms with Crippen LogP contribution in [0.5, 0.6) is 0 Å². The summed E-state index contributed by atoms with van der Waals surface area (Å²) in [5.74, 6) is 2.08. The van der Waals surface area contributed by atoms with Gasteiger partial charge in [0.15, 0.2) is 0 Å². The highest BCUT2D eigenvalue weighted by Gasteiger charge is 2.34. The summed E-state index contributed by atoms with van der Waals surface area (Å²) >= 11 is 0. The molecular formula is C18H30N6O. The predicted octanol–water partition coefficient (Wildman–Crippen LogP) is 0.966. The summed E-state index contributed by atoms with van der Waals surface area (Å²) in [4.78, 5) is 15.8. The molecule has 0 spiro atoms. The molecule has 0 aliphatic carbocycles. The minimum atomic E-state index is -0.131. The van der Waals surface area contributed by atoms with E-state index >= 15 is 0 Å². The highest BCUT2D eigenvalue weighted by Crippen LogP contribution is 2.35. The Balaban J connectivity index is 1.81. The Kier molecular flexibility index (Phi) is 5.44. The van der Waals surface area contributed by atoms with Crippen molar-refractivity contribution in [2.75, 3.05) is 68.5 Å². The Morgan fingerprint density at radius 2 is 1.88 bits per heavy atom. The molecule has 138 valence electrons. The monoisotopic (exact) mass is 346 g/mol. The normalized spacial score (nSPS) is 25.2. The lowest BCUT2D eigenvalue weighted by molar-refractivity contribution is 0.108. The number of allylic oxidation sites excluding steroid dienone is 1. The van der Waals surface area contributed by atoms with E-state index in [0.717, 1.165) is 70.2 Å². The standard InChI is InChI=1S/C18H30N6O/c1-3-5-18(14-25)6-4-7-24(13-18)16-12-15(20-17(19)21-16)23-10-8-22(2)9-11-23/h3,12,25H,1,4-11,13-14H2,2H3,(H2,19,20,21). The molecule has 7 nitrogen and oxygen atoms in total. The number of likely N-dealkylation sites (N-methyl/N-ethyl adjacent to an activating group) is 1. The van der Waals surface area contributed by atoms with E-state index in [4.69, 9.17) is 5.73 Å². The van der Waals surface area contributed by atoms with Gasteiger partial charge in [-0.05, 0) is 26.3 Å². The molecule has 0 saturated carbocycles. The molecule has 3 N–H and O–H groups in total. The maximum Gasteiger partial charge on any atom is 0.223 e. The van der Waals surface area contributed by atoms with Crippen molar-refractivity contribution in [3.05, 3.63) is 18.7 Å². The fourth-order valence-corrected chi connectivity index (χ4v) is 3.87. The van der Waals surface area contributed by atoms with Gasteiger partial charge >= 0.3 is 0 Å². The second-order valence-electron chi connectivity index (χ2n) is 7.41. The van der Waals surface area contributed by atoms with Crippen molar-refractivity contribution >= 4 is 17.6 Å². The van der Waals surface area contributed by atoms with Gasteiger partial charge < -0.3 is 25.5 Å². The molecule has 2 saturated heterocycles. The van der Waals surface area contributed by atoms with Gasteiger partial charge in [-0.25, -0.2) is 0 Å². The van der Waals surface area contributed by atoms with Crippen molar-refractivity contribution in [2.24, 2.45) is 5.41 Å². The second kappa shape index (κ2) is 7.58. The van der Waals surface area contributed by atoms with E-state index in [-0.39, 0.29) is 12.0 Å². The van der Waals surface area contributed by atoms with Gasteiger partial charge in [-0.3, -0.25) is 0 Å². The Morgan fingerprint density at radius 1 is 1.20 bits per heavy atom. The molecule has 2 aliphatic rings. The van der Waals surface area contributed by atoms with Crippen molar-refractivity contribution in [3.63, 3.8) is 0 Å². The van der Waals surface area contributed by atoms with Crippen LogP contribution < -0.4 is 15.5 Å². The van der Waals surface area contributed by atoms with E-state index in [0.29, 0.717) is 5.95 Å². The zero-order chi connectivity index (χ0) is 17.9. The molecule has 1 atom stereocenters. The number of rotatable bonds is 5. The lowest BCUT2D eigenvalue weighted by Gasteiger charge is -2.42. The molecule has 3 heterocycles. The summed E-state index contributed by atoms with van der Waals surface area (Å²) in [6, 6.07) is 2.04. The number of hydrogen-bond donors (Lipinski definition) is 2. The molecule has 1 aromatic heterocycles. The summed E-state index contributed by atoms with van der Waals surface area (Å²) < 4.78 is 0. The van der Waals surface area contributed by atoms with Crippen molar-refractivity contribution in [1.29, 1.82) is 0 Å². The van der Waals surface area contributed by atoms with E-state index in [1.165, 1.54) is 0 Å². The number of piperazine rings is 1. The zero-order valence-electron chi connectivity index (χ0n) is 15.2. The van der Waals surface area contributed by atoms with Gasteiger partial charge in [-0.1, -0.05) is 6.08 Å². The van der Waals surface area contributed by atoms with Gasteiger partial charge in [0.05, 0.1) is 6.61 Å². The van der Waals surface area contributed by atoms with Crippen molar-refractivity contribution in [3.8, 4) is 0 Å². The van der Waals surface area contributed by atoms with Crippen molar-refractivity contribution in [1.82, 2.24) is 14.9 Å². The summed E-state index contributed by atoms with van der Waals surface area (Å²) in [6.45, 7) is 9.67. The highest BCUT2D eigenvalue weighted by atomic mass is 16.3. The molecule has 0 aromatic carbocycles. The van der Waals surface area contributed by atoms with Gasteiger partial charge in [0.2, 0.25) is 5.95 Å². The molecule has 2 fully saturated rings. The first-order valence-electron chi connectivity index (χ1n) is 9.10. The van der Waals surface area contributed by atoms with Crippen LogP contribution in [0.3, 0.4) is 0 Å². The summed E-state index contributed by atoms with van der Waals surface area (Å²) in [6.07, 6.45) is 4.76. The van der Waals surface area contributed by atoms with Crippen molar-refractivity contribution < 1.29 is 5.11 Å². The highest BCUT2D eigenvalue weighted by molar-refractivity contribution is 5.54. The predicted molar refractivity (Wildman–Crippen MR) is 102 cm³/mol. The van der Waals surface area contributed by atoms with Crippen LogP contribution in [-0.4, -0.2) is 72.9 Å². The topological polar surface area (TPSA) is 81.8 Å². The first kappa shape index (κ1) is 17.9. The third kappa shape index (κ3) is 4.04. The molecule has 1 aromatic rings. The first-order valence-corrected chi connectivity index (χ1v) is 9.10. The fourth-order valence-electron chi connectivity index (χ4n) is 3.87. The number of nitrogen functional groups attached to an aromatic ring is 1. The van der Waals surface area contributed by atoms with E-state index in [2.05, 4.69) is 38.3 Å². The number of hydrogen-bond acceptors (Lipinski definition) is 7. The molecule has 0 radical (unpaired) electrons.